The van der Waals surface area contributed by atoms with Gasteiger partial charge >= 0.3 is 11.9 Å². The molecule has 0 bridgehead atoms. The van der Waals surface area contributed by atoms with Crippen molar-refractivity contribution in [3.05, 3.63) is 23.5 Å². The molecule has 0 spiro atoms. The Morgan fingerprint density at radius 1 is 1.47 bits per heavy atom. The monoisotopic (exact) mass is 210 g/mol. The van der Waals surface area contributed by atoms with Gasteiger partial charge < -0.3 is 9.47 Å². The van der Waals surface area contributed by atoms with E-state index in [1.54, 1.807) is 27.7 Å². The van der Waals surface area contributed by atoms with Crippen molar-refractivity contribution in [2.45, 2.75) is 33.3 Å². The van der Waals surface area contributed by atoms with Crippen LogP contribution in [0.2, 0.25) is 0 Å². The third-order valence-corrected chi connectivity index (χ3v) is 1.59. The molecule has 0 saturated carbocycles. The van der Waals surface area contributed by atoms with Gasteiger partial charge in [0.1, 0.15) is 11.4 Å². The maximum Gasteiger partial charge on any atom is 0.336 e. The highest BCUT2D eigenvalue weighted by Gasteiger charge is 2.20. The average molecular weight is 210 g/mol. The lowest BCUT2D eigenvalue weighted by Crippen LogP contribution is -2.22. The Morgan fingerprint density at radius 3 is 2.47 bits per heavy atom. The number of hydrogen-bond acceptors (Lipinski definition) is 4. The third-order valence-electron chi connectivity index (χ3n) is 1.59. The van der Waals surface area contributed by atoms with Crippen LogP contribution in [0.25, 0.3) is 0 Å². The number of carbonyl (C=O) groups is 2. The van der Waals surface area contributed by atoms with Gasteiger partial charge in [0.05, 0.1) is 6.08 Å². The Bertz CT molecular complexity index is 355. The molecule has 0 aromatic heterocycles. The molecule has 1 rings (SSSR count). The summed E-state index contributed by atoms with van der Waals surface area (Å²) in [5.41, 5.74) is 0.0832. The number of hydrogen-bond donors (Lipinski definition) is 0. The van der Waals surface area contributed by atoms with Crippen molar-refractivity contribution in [1.82, 2.24) is 0 Å². The first-order chi connectivity index (χ1) is 6.78. The summed E-state index contributed by atoms with van der Waals surface area (Å²) in [7, 11) is 0. The first-order valence-corrected chi connectivity index (χ1v) is 4.63. The summed E-state index contributed by atoms with van der Waals surface area (Å²) in [5, 5.41) is 0. The molecule has 0 amide bonds. The van der Waals surface area contributed by atoms with E-state index in [1.165, 1.54) is 12.2 Å². The van der Waals surface area contributed by atoms with Crippen molar-refractivity contribution in [2.24, 2.45) is 0 Å². The molecule has 0 aromatic carbocycles. The molecule has 0 saturated heterocycles. The largest absolute Gasteiger partial charge is 0.457 e. The van der Waals surface area contributed by atoms with Crippen molar-refractivity contribution in [3.63, 3.8) is 0 Å². The Morgan fingerprint density at radius 2 is 2.07 bits per heavy atom. The van der Waals surface area contributed by atoms with Gasteiger partial charge in [0.25, 0.3) is 0 Å². The van der Waals surface area contributed by atoms with Gasteiger partial charge in [-0.25, -0.2) is 9.59 Å². The highest BCUT2D eigenvalue weighted by molar-refractivity contribution is 5.91. The SMILES string of the molecule is CC1=CC(=O)O/C1=C/C(=O)OC(C)(C)C. The van der Waals surface area contributed by atoms with Crippen molar-refractivity contribution >= 4 is 11.9 Å². The minimum Gasteiger partial charge on any atom is -0.457 e. The second kappa shape index (κ2) is 3.88. The molecule has 0 fully saturated rings. The second-order valence-corrected chi connectivity index (χ2v) is 4.29. The molecular weight excluding hydrogens is 196 g/mol. The van der Waals surface area contributed by atoms with Crippen LogP contribution in [0.3, 0.4) is 0 Å². The van der Waals surface area contributed by atoms with E-state index < -0.39 is 17.5 Å². The van der Waals surface area contributed by atoms with E-state index in [-0.39, 0.29) is 5.76 Å². The summed E-state index contributed by atoms with van der Waals surface area (Å²) in [4.78, 5) is 22.2. The van der Waals surface area contributed by atoms with Crippen LogP contribution in [-0.4, -0.2) is 17.5 Å². The lowest BCUT2D eigenvalue weighted by molar-refractivity contribution is -0.148. The van der Waals surface area contributed by atoms with Crippen LogP contribution in [-0.2, 0) is 19.1 Å². The molecule has 15 heavy (non-hydrogen) atoms. The number of carbonyl (C=O) groups excluding carboxylic acids is 2. The zero-order valence-corrected chi connectivity index (χ0v) is 9.29. The maximum atomic E-state index is 11.3. The topological polar surface area (TPSA) is 52.6 Å². The van der Waals surface area contributed by atoms with Gasteiger partial charge in [0.15, 0.2) is 0 Å². The quantitative estimate of drug-likeness (QED) is 0.488. The summed E-state index contributed by atoms with van der Waals surface area (Å²) < 4.78 is 9.84. The zero-order valence-electron chi connectivity index (χ0n) is 9.29. The van der Waals surface area contributed by atoms with Crippen LogP contribution in [0, 0.1) is 0 Å². The molecule has 1 heterocycles. The summed E-state index contributed by atoms with van der Waals surface area (Å²) in [6, 6.07) is 0. The normalized spacial score (nSPS) is 18.8. The van der Waals surface area contributed by atoms with E-state index in [9.17, 15) is 9.59 Å². The molecule has 0 aromatic rings. The van der Waals surface area contributed by atoms with Gasteiger partial charge in [-0.05, 0) is 33.3 Å². The van der Waals surface area contributed by atoms with Crippen LogP contribution in [0.4, 0.5) is 0 Å². The van der Waals surface area contributed by atoms with Gasteiger partial charge in [-0.2, -0.15) is 0 Å². The molecule has 0 N–H and O–H groups in total. The summed E-state index contributed by atoms with van der Waals surface area (Å²) in [6.45, 7) is 7.01. The highest BCUT2D eigenvalue weighted by atomic mass is 16.6. The number of allylic oxidation sites excluding steroid dienone is 1. The molecule has 82 valence electrons. The Kier molecular flexibility index (Phi) is 2.98. The van der Waals surface area contributed by atoms with Crippen LogP contribution in [0.15, 0.2) is 23.5 Å². The van der Waals surface area contributed by atoms with Gasteiger partial charge in [-0.15, -0.1) is 0 Å². The minimum absolute atomic E-state index is 0.259. The average Bonchev–Trinajstić information content (AvgIpc) is 2.25. The fraction of sp³-hybridized carbons (Fsp3) is 0.455. The third kappa shape index (κ3) is 3.58. The van der Waals surface area contributed by atoms with Crippen LogP contribution in [0.1, 0.15) is 27.7 Å². The lowest BCUT2D eigenvalue weighted by Gasteiger charge is -2.18. The van der Waals surface area contributed by atoms with E-state index in [4.69, 9.17) is 9.47 Å². The van der Waals surface area contributed by atoms with Crippen LogP contribution in [0.5, 0.6) is 0 Å². The Hall–Kier alpha value is -1.58. The maximum absolute atomic E-state index is 11.3. The van der Waals surface area contributed by atoms with Crippen molar-refractivity contribution in [2.75, 3.05) is 0 Å². The van der Waals surface area contributed by atoms with Crippen molar-refractivity contribution < 1.29 is 19.1 Å². The van der Waals surface area contributed by atoms with Crippen LogP contribution < -0.4 is 0 Å². The minimum atomic E-state index is -0.547. The predicted octanol–water partition coefficient (Wildman–Crippen LogP) is 1.72. The fourth-order valence-corrected chi connectivity index (χ4v) is 1.05. The summed E-state index contributed by atoms with van der Waals surface area (Å²) in [6.07, 6.45) is 2.51. The summed E-state index contributed by atoms with van der Waals surface area (Å²) >= 11 is 0. The van der Waals surface area contributed by atoms with Gasteiger partial charge in [-0.1, -0.05) is 0 Å². The van der Waals surface area contributed by atoms with Gasteiger partial charge in [0.2, 0.25) is 0 Å². The molecule has 0 aliphatic carbocycles. The molecule has 4 nitrogen and oxygen atoms in total. The first-order valence-electron chi connectivity index (χ1n) is 4.63. The van der Waals surface area contributed by atoms with Crippen molar-refractivity contribution in [3.8, 4) is 0 Å². The van der Waals surface area contributed by atoms with Crippen LogP contribution >= 0.6 is 0 Å². The number of esters is 2. The molecule has 0 atom stereocenters. The van der Waals surface area contributed by atoms with E-state index in [0.29, 0.717) is 5.57 Å². The fourth-order valence-electron chi connectivity index (χ4n) is 1.05. The molecule has 0 unspecified atom stereocenters. The summed E-state index contributed by atoms with van der Waals surface area (Å²) in [5.74, 6) is -0.712. The molecule has 1 aliphatic rings. The van der Waals surface area contributed by atoms with E-state index in [1.807, 2.05) is 0 Å². The Labute approximate surface area is 88.6 Å². The zero-order chi connectivity index (χ0) is 11.6. The van der Waals surface area contributed by atoms with E-state index >= 15 is 0 Å². The number of rotatable bonds is 1. The molecule has 0 radical (unpaired) electrons. The molecular formula is C11H14O4. The number of cyclic esters (lactones) is 1. The van der Waals surface area contributed by atoms with E-state index in [0.717, 1.165) is 0 Å². The predicted molar refractivity (Wildman–Crippen MR) is 53.8 cm³/mol. The second-order valence-electron chi connectivity index (χ2n) is 4.29. The molecule has 1 aliphatic heterocycles. The van der Waals surface area contributed by atoms with Gasteiger partial charge in [-0.3, -0.25) is 0 Å². The Balaban J connectivity index is 2.70. The van der Waals surface area contributed by atoms with Gasteiger partial charge in [0, 0.05) is 6.08 Å². The first kappa shape index (κ1) is 11.5. The number of ether oxygens (including phenoxy) is 2. The van der Waals surface area contributed by atoms with Crippen molar-refractivity contribution in [1.29, 1.82) is 0 Å². The smallest absolute Gasteiger partial charge is 0.336 e. The lowest BCUT2D eigenvalue weighted by atomic mass is 10.2. The standard InChI is InChI=1S/C11H14O4/c1-7-5-9(12)14-8(7)6-10(13)15-11(2,3)4/h5-6H,1-4H3/b8-6+. The molecule has 4 heteroatoms. The van der Waals surface area contributed by atoms with E-state index in [2.05, 4.69) is 0 Å². The highest BCUT2D eigenvalue weighted by Crippen LogP contribution is 2.19.